The fourth-order valence-electron chi connectivity index (χ4n) is 2.27. The molecule has 0 aromatic heterocycles. The van der Waals surface area contributed by atoms with E-state index in [-0.39, 0.29) is 0 Å². The smallest absolute Gasteiger partial charge is 0.0986 e. The molecule has 2 nitrogen and oxygen atoms in total. The third-order valence-corrected chi connectivity index (χ3v) is 3.24. The number of benzene rings is 1. The third-order valence-electron chi connectivity index (χ3n) is 3.24. The molecule has 0 unspecified atom stereocenters. The molecule has 1 aromatic rings. The average molecular weight is 216 g/mol. The summed E-state index contributed by atoms with van der Waals surface area (Å²) in [6.07, 6.45) is 2.31. The molecule has 0 aliphatic carbocycles. The molecular weight excluding hydrogens is 196 g/mol. The van der Waals surface area contributed by atoms with E-state index < -0.39 is 0 Å². The van der Waals surface area contributed by atoms with E-state index in [1.165, 1.54) is 11.1 Å². The zero-order valence-corrected chi connectivity index (χ0v) is 10.2. The van der Waals surface area contributed by atoms with Crippen LogP contribution in [0.15, 0.2) is 24.3 Å². The summed E-state index contributed by atoms with van der Waals surface area (Å²) >= 11 is 0. The number of amidine groups is 1. The van der Waals surface area contributed by atoms with Crippen molar-refractivity contribution >= 4 is 5.84 Å². The van der Waals surface area contributed by atoms with E-state index >= 15 is 0 Å². The summed E-state index contributed by atoms with van der Waals surface area (Å²) in [5, 5.41) is 8.10. The average Bonchev–Trinajstić information content (AvgIpc) is 2.49. The fraction of sp³-hybridized carbons (Fsp3) is 0.500. The normalized spacial score (nSPS) is 15.8. The lowest BCUT2D eigenvalue weighted by Crippen LogP contribution is -2.33. The van der Waals surface area contributed by atoms with Gasteiger partial charge in [-0.1, -0.05) is 38.1 Å². The highest BCUT2D eigenvalue weighted by Gasteiger charge is 2.17. The Morgan fingerprint density at radius 3 is 2.62 bits per heavy atom. The summed E-state index contributed by atoms with van der Waals surface area (Å²) in [5.74, 6) is 1.10. The molecule has 1 aliphatic heterocycles. The van der Waals surface area contributed by atoms with Crippen molar-refractivity contribution in [2.45, 2.75) is 33.2 Å². The van der Waals surface area contributed by atoms with Crippen LogP contribution in [0.2, 0.25) is 0 Å². The lowest BCUT2D eigenvalue weighted by molar-refractivity contribution is 0.394. The van der Waals surface area contributed by atoms with Gasteiger partial charge in [-0.05, 0) is 24.0 Å². The van der Waals surface area contributed by atoms with Crippen LogP contribution in [0.1, 0.15) is 31.4 Å². The molecule has 1 N–H and O–H groups in total. The van der Waals surface area contributed by atoms with E-state index in [9.17, 15) is 0 Å². The Morgan fingerprint density at radius 1 is 1.25 bits per heavy atom. The summed E-state index contributed by atoms with van der Waals surface area (Å²) in [4.78, 5) is 2.22. The highest BCUT2D eigenvalue weighted by molar-refractivity contribution is 5.81. The lowest BCUT2D eigenvalue weighted by atomic mass is 10.0. The molecule has 16 heavy (non-hydrogen) atoms. The number of hydrogen-bond acceptors (Lipinski definition) is 1. The molecule has 1 aliphatic rings. The SMILES string of the molecule is CC(C)C(=N)N1CCCc2ccccc2C1. The predicted octanol–water partition coefficient (Wildman–Crippen LogP) is 3.07. The maximum absolute atomic E-state index is 8.10. The van der Waals surface area contributed by atoms with Crippen molar-refractivity contribution in [3.05, 3.63) is 35.4 Å². The van der Waals surface area contributed by atoms with Gasteiger partial charge >= 0.3 is 0 Å². The van der Waals surface area contributed by atoms with E-state index in [0.29, 0.717) is 5.92 Å². The molecule has 2 heteroatoms. The lowest BCUT2D eigenvalue weighted by Gasteiger charge is -2.25. The molecule has 0 fully saturated rings. The van der Waals surface area contributed by atoms with Gasteiger partial charge in [0.05, 0.1) is 5.84 Å². The van der Waals surface area contributed by atoms with E-state index in [2.05, 4.69) is 43.0 Å². The van der Waals surface area contributed by atoms with Gasteiger partial charge in [0.15, 0.2) is 0 Å². The van der Waals surface area contributed by atoms with E-state index in [1.54, 1.807) is 0 Å². The van der Waals surface area contributed by atoms with Crippen LogP contribution >= 0.6 is 0 Å². The Labute approximate surface area is 97.8 Å². The molecule has 0 saturated heterocycles. The molecule has 0 amide bonds. The second-order valence-corrected chi connectivity index (χ2v) is 4.83. The monoisotopic (exact) mass is 216 g/mol. The van der Waals surface area contributed by atoms with Gasteiger partial charge in [-0.3, -0.25) is 5.41 Å². The van der Waals surface area contributed by atoms with Crippen molar-refractivity contribution < 1.29 is 0 Å². The molecule has 0 spiro atoms. The molecule has 86 valence electrons. The Bertz CT molecular complexity index is 382. The third kappa shape index (κ3) is 2.26. The van der Waals surface area contributed by atoms with Crippen LogP contribution in [-0.2, 0) is 13.0 Å². The van der Waals surface area contributed by atoms with Crippen LogP contribution in [0.3, 0.4) is 0 Å². The number of rotatable bonds is 1. The number of nitrogens with zero attached hydrogens (tertiary/aromatic N) is 1. The standard InChI is InChI=1S/C14H20N2/c1-11(2)14(15)16-9-5-8-12-6-3-4-7-13(12)10-16/h3-4,6-7,11,15H,5,8-10H2,1-2H3. The van der Waals surface area contributed by atoms with Crippen molar-refractivity contribution in [1.82, 2.24) is 4.90 Å². The van der Waals surface area contributed by atoms with Crippen LogP contribution in [-0.4, -0.2) is 17.3 Å². The van der Waals surface area contributed by atoms with Crippen LogP contribution < -0.4 is 0 Å². The van der Waals surface area contributed by atoms with Gasteiger partial charge in [-0.2, -0.15) is 0 Å². The second-order valence-electron chi connectivity index (χ2n) is 4.83. The maximum atomic E-state index is 8.10. The topological polar surface area (TPSA) is 27.1 Å². The maximum Gasteiger partial charge on any atom is 0.0986 e. The first-order chi connectivity index (χ1) is 7.68. The Balaban J connectivity index is 2.20. The molecule has 1 heterocycles. The molecule has 0 saturated carbocycles. The van der Waals surface area contributed by atoms with E-state index in [4.69, 9.17) is 5.41 Å². The van der Waals surface area contributed by atoms with Crippen molar-refractivity contribution in [1.29, 1.82) is 5.41 Å². The zero-order chi connectivity index (χ0) is 11.5. The van der Waals surface area contributed by atoms with Gasteiger partial charge in [0.25, 0.3) is 0 Å². The first-order valence-corrected chi connectivity index (χ1v) is 6.08. The van der Waals surface area contributed by atoms with Crippen LogP contribution in [0.25, 0.3) is 0 Å². The Kier molecular flexibility index (Phi) is 3.28. The molecular formula is C14H20N2. The second kappa shape index (κ2) is 4.69. The molecule has 1 aromatic carbocycles. The number of aryl methyl sites for hydroxylation is 1. The molecule has 2 rings (SSSR count). The minimum atomic E-state index is 0.324. The quantitative estimate of drug-likeness (QED) is 0.567. The summed E-state index contributed by atoms with van der Waals surface area (Å²) in [6, 6.07) is 8.63. The summed E-state index contributed by atoms with van der Waals surface area (Å²) < 4.78 is 0. The van der Waals surface area contributed by atoms with Gasteiger partial charge in [-0.25, -0.2) is 0 Å². The van der Waals surface area contributed by atoms with Crippen LogP contribution in [0.5, 0.6) is 0 Å². The predicted molar refractivity (Wildman–Crippen MR) is 67.7 cm³/mol. The van der Waals surface area contributed by atoms with Gasteiger partial charge in [-0.15, -0.1) is 0 Å². The largest absolute Gasteiger partial charge is 0.356 e. The van der Waals surface area contributed by atoms with Crippen LogP contribution in [0, 0.1) is 11.3 Å². The van der Waals surface area contributed by atoms with Crippen molar-refractivity contribution in [2.75, 3.05) is 6.54 Å². The Hall–Kier alpha value is -1.31. The molecule has 0 atom stereocenters. The summed E-state index contributed by atoms with van der Waals surface area (Å²) in [5.41, 5.74) is 2.85. The van der Waals surface area contributed by atoms with Crippen molar-refractivity contribution in [2.24, 2.45) is 5.92 Å². The zero-order valence-electron chi connectivity index (χ0n) is 10.2. The highest BCUT2D eigenvalue weighted by Crippen LogP contribution is 2.19. The van der Waals surface area contributed by atoms with Gasteiger partial charge in [0.2, 0.25) is 0 Å². The van der Waals surface area contributed by atoms with E-state index in [1.807, 2.05) is 0 Å². The molecule has 0 bridgehead atoms. The van der Waals surface area contributed by atoms with Gasteiger partial charge < -0.3 is 4.90 Å². The number of nitrogens with one attached hydrogen (secondary N) is 1. The van der Waals surface area contributed by atoms with E-state index in [0.717, 1.165) is 31.8 Å². The minimum absolute atomic E-state index is 0.324. The summed E-state index contributed by atoms with van der Waals surface area (Å²) in [7, 11) is 0. The van der Waals surface area contributed by atoms with Gasteiger partial charge in [0, 0.05) is 19.0 Å². The fourth-order valence-corrected chi connectivity index (χ4v) is 2.27. The number of hydrogen-bond donors (Lipinski definition) is 1. The van der Waals surface area contributed by atoms with Gasteiger partial charge in [0.1, 0.15) is 0 Å². The van der Waals surface area contributed by atoms with Crippen molar-refractivity contribution in [3.8, 4) is 0 Å². The highest BCUT2D eigenvalue weighted by atomic mass is 15.2. The van der Waals surface area contributed by atoms with Crippen LogP contribution in [0.4, 0.5) is 0 Å². The Morgan fingerprint density at radius 2 is 1.94 bits per heavy atom. The summed E-state index contributed by atoms with van der Waals surface area (Å²) in [6.45, 7) is 6.12. The first kappa shape index (κ1) is 11.2. The first-order valence-electron chi connectivity index (χ1n) is 6.08. The minimum Gasteiger partial charge on any atom is -0.356 e. The number of fused-ring (bicyclic) bond motifs is 1. The van der Waals surface area contributed by atoms with Crippen molar-refractivity contribution in [3.63, 3.8) is 0 Å². The molecule has 0 radical (unpaired) electrons.